The summed E-state index contributed by atoms with van der Waals surface area (Å²) in [7, 11) is 0. The van der Waals surface area contributed by atoms with Gasteiger partial charge in [-0.25, -0.2) is 4.98 Å². The van der Waals surface area contributed by atoms with Gasteiger partial charge in [0.1, 0.15) is 5.82 Å². The van der Waals surface area contributed by atoms with E-state index in [1.165, 1.54) is 0 Å². The lowest BCUT2D eigenvalue weighted by atomic mass is 10.1. The molecule has 1 heterocycles. The van der Waals surface area contributed by atoms with Crippen molar-refractivity contribution in [2.24, 2.45) is 5.11 Å². The Morgan fingerprint density at radius 1 is 1.32 bits per heavy atom. The van der Waals surface area contributed by atoms with Crippen LogP contribution in [0.15, 0.2) is 53.8 Å². The average Bonchev–Trinajstić information content (AvgIpc) is 2.46. The predicted octanol–water partition coefficient (Wildman–Crippen LogP) is 3.14. The van der Waals surface area contributed by atoms with Crippen molar-refractivity contribution in [1.82, 2.24) is 4.98 Å². The number of hydrogen-bond acceptors (Lipinski definition) is 3. The summed E-state index contributed by atoms with van der Waals surface area (Å²) in [5, 5.41) is 6.15. The normalized spacial score (nSPS) is 9.47. The molecule has 6 heteroatoms. The number of hydrogen-bond donors (Lipinski definition) is 1. The first-order chi connectivity index (χ1) is 9.29. The highest BCUT2D eigenvalue weighted by Crippen LogP contribution is 2.09. The monoisotopic (exact) mass is 253 g/mol. The molecule has 2 aromatic rings. The first-order valence-corrected chi connectivity index (χ1v) is 5.62. The van der Waals surface area contributed by atoms with Crippen LogP contribution >= 0.6 is 0 Å². The SMILES string of the molecule is [N-]=[N+]=NCc1cccc(C(=O)Nc2ccccn2)c1. The van der Waals surface area contributed by atoms with Gasteiger partial charge in [0.25, 0.3) is 5.91 Å². The molecule has 0 unspecified atom stereocenters. The van der Waals surface area contributed by atoms with E-state index in [0.717, 1.165) is 5.56 Å². The maximum absolute atomic E-state index is 12.0. The van der Waals surface area contributed by atoms with Gasteiger partial charge in [-0.1, -0.05) is 23.3 Å². The minimum absolute atomic E-state index is 0.223. The van der Waals surface area contributed by atoms with Gasteiger partial charge in [0.15, 0.2) is 0 Å². The van der Waals surface area contributed by atoms with Crippen LogP contribution in [0.5, 0.6) is 0 Å². The fraction of sp³-hybridized carbons (Fsp3) is 0.0769. The zero-order valence-electron chi connectivity index (χ0n) is 10.0. The summed E-state index contributed by atoms with van der Waals surface area (Å²) >= 11 is 0. The first-order valence-electron chi connectivity index (χ1n) is 5.62. The van der Waals surface area contributed by atoms with Crippen LogP contribution in [0.4, 0.5) is 5.82 Å². The molecule has 0 aliphatic carbocycles. The maximum Gasteiger partial charge on any atom is 0.256 e. The second-order valence-corrected chi connectivity index (χ2v) is 3.76. The molecule has 0 spiro atoms. The number of rotatable bonds is 4. The predicted molar refractivity (Wildman–Crippen MR) is 71.5 cm³/mol. The smallest absolute Gasteiger partial charge is 0.256 e. The summed E-state index contributed by atoms with van der Waals surface area (Å²) in [6, 6.07) is 12.2. The molecule has 2 rings (SSSR count). The maximum atomic E-state index is 12.0. The molecule has 94 valence electrons. The van der Waals surface area contributed by atoms with Crippen LogP contribution in [0.1, 0.15) is 15.9 Å². The molecular formula is C13H11N5O. The van der Waals surface area contributed by atoms with Crippen LogP contribution < -0.4 is 5.32 Å². The summed E-state index contributed by atoms with van der Waals surface area (Å²) in [6.45, 7) is 0.223. The Morgan fingerprint density at radius 2 is 2.21 bits per heavy atom. The molecule has 1 amide bonds. The number of nitrogens with zero attached hydrogens (tertiary/aromatic N) is 4. The largest absolute Gasteiger partial charge is 0.307 e. The molecule has 0 aliphatic heterocycles. The van der Waals surface area contributed by atoms with Gasteiger partial charge >= 0.3 is 0 Å². The Labute approximate surface area is 109 Å². The fourth-order valence-electron chi connectivity index (χ4n) is 1.55. The molecule has 0 bridgehead atoms. The molecule has 0 aliphatic rings. The third kappa shape index (κ3) is 3.55. The molecule has 1 N–H and O–H groups in total. The van der Waals surface area contributed by atoms with Crippen LogP contribution in [0.2, 0.25) is 0 Å². The van der Waals surface area contributed by atoms with Crippen molar-refractivity contribution < 1.29 is 4.79 Å². The van der Waals surface area contributed by atoms with Gasteiger partial charge in [0, 0.05) is 16.7 Å². The van der Waals surface area contributed by atoms with Gasteiger partial charge < -0.3 is 5.32 Å². The molecule has 1 aromatic heterocycles. The lowest BCUT2D eigenvalue weighted by Gasteiger charge is -2.05. The zero-order chi connectivity index (χ0) is 13.5. The lowest BCUT2D eigenvalue weighted by Crippen LogP contribution is -2.12. The Hall–Kier alpha value is -2.85. The quantitative estimate of drug-likeness (QED) is 0.515. The number of azide groups is 1. The van der Waals surface area contributed by atoms with Crippen LogP contribution in [0.3, 0.4) is 0 Å². The van der Waals surface area contributed by atoms with E-state index in [9.17, 15) is 4.79 Å². The molecular weight excluding hydrogens is 242 g/mol. The number of carbonyl (C=O) groups is 1. The number of aromatic nitrogens is 1. The zero-order valence-corrected chi connectivity index (χ0v) is 10.0. The van der Waals surface area contributed by atoms with E-state index in [2.05, 4.69) is 20.3 Å². The highest BCUT2D eigenvalue weighted by molar-refractivity contribution is 6.03. The summed E-state index contributed by atoms with van der Waals surface area (Å²) in [5.41, 5.74) is 9.55. The van der Waals surface area contributed by atoms with E-state index in [1.807, 2.05) is 0 Å². The highest BCUT2D eigenvalue weighted by Gasteiger charge is 2.06. The van der Waals surface area contributed by atoms with Crippen LogP contribution in [0.25, 0.3) is 10.4 Å². The number of carbonyl (C=O) groups excluding carboxylic acids is 1. The van der Waals surface area contributed by atoms with E-state index in [0.29, 0.717) is 11.4 Å². The van der Waals surface area contributed by atoms with Crippen LogP contribution in [-0.2, 0) is 6.54 Å². The molecule has 0 radical (unpaired) electrons. The van der Waals surface area contributed by atoms with Crippen molar-refractivity contribution in [1.29, 1.82) is 0 Å². The van der Waals surface area contributed by atoms with Gasteiger partial charge in [-0.15, -0.1) is 0 Å². The second kappa shape index (κ2) is 6.18. The summed E-state index contributed by atoms with van der Waals surface area (Å²) < 4.78 is 0. The molecule has 6 nitrogen and oxygen atoms in total. The third-order valence-electron chi connectivity index (χ3n) is 2.41. The molecule has 0 saturated carbocycles. The number of nitrogens with one attached hydrogen (secondary N) is 1. The summed E-state index contributed by atoms with van der Waals surface area (Å²) in [6.07, 6.45) is 1.60. The van der Waals surface area contributed by atoms with Crippen molar-refractivity contribution in [2.75, 3.05) is 5.32 Å². The first kappa shape index (κ1) is 12.6. The van der Waals surface area contributed by atoms with E-state index in [4.69, 9.17) is 5.53 Å². The van der Waals surface area contributed by atoms with Gasteiger partial charge in [-0.3, -0.25) is 4.79 Å². The van der Waals surface area contributed by atoms with Crippen LogP contribution in [0, 0.1) is 0 Å². The molecule has 1 aromatic carbocycles. The number of anilines is 1. The van der Waals surface area contributed by atoms with Crippen molar-refractivity contribution >= 4 is 11.7 Å². The van der Waals surface area contributed by atoms with Gasteiger partial charge in [0.05, 0.1) is 6.54 Å². The lowest BCUT2D eigenvalue weighted by molar-refractivity contribution is 0.102. The Kier molecular flexibility index (Phi) is 4.10. The van der Waals surface area contributed by atoms with Gasteiger partial charge in [-0.05, 0) is 35.4 Å². The van der Waals surface area contributed by atoms with E-state index < -0.39 is 0 Å². The topological polar surface area (TPSA) is 90.8 Å². The Balaban J connectivity index is 2.13. The number of benzene rings is 1. The molecule has 0 atom stereocenters. The number of pyridine rings is 1. The average molecular weight is 253 g/mol. The Morgan fingerprint density at radius 3 is 2.95 bits per heavy atom. The Bertz CT molecular complexity index is 620. The fourth-order valence-corrected chi connectivity index (χ4v) is 1.55. The van der Waals surface area contributed by atoms with Crippen molar-refractivity contribution in [3.05, 3.63) is 70.2 Å². The third-order valence-corrected chi connectivity index (χ3v) is 2.41. The molecule has 19 heavy (non-hydrogen) atoms. The van der Waals surface area contributed by atoms with E-state index >= 15 is 0 Å². The van der Waals surface area contributed by atoms with E-state index in [-0.39, 0.29) is 12.5 Å². The summed E-state index contributed by atoms with van der Waals surface area (Å²) in [4.78, 5) is 18.7. The minimum atomic E-state index is -0.249. The molecule has 0 fully saturated rings. The van der Waals surface area contributed by atoms with Gasteiger partial charge in [-0.2, -0.15) is 0 Å². The summed E-state index contributed by atoms with van der Waals surface area (Å²) in [5.74, 6) is 0.245. The second-order valence-electron chi connectivity index (χ2n) is 3.76. The highest BCUT2D eigenvalue weighted by atomic mass is 16.1. The van der Waals surface area contributed by atoms with Gasteiger partial charge in [0.2, 0.25) is 0 Å². The van der Waals surface area contributed by atoms with Crippen molar-refractivity contribution in [2.45, 2.75) is 6.54 Å². The van der Waals surface area contributed by atoms with Crippen molar-refractivity contribution in [3.63, 3.8) is 0 Å². The minimum Gasteiger partial charge on any atom is -0.307 e. The van der Waals surface area contributed by atoms with Crippen LogP contribution in [-0.4, -0.2) is 10.9 Å². The van der Waals surface area contributed by atoms with Crippen molar-refractivity contribution in [3.8, 4) is 0 Å². The molecule has 0 saturated heterocycles. The standard InChI is InChI=1S/C13H11N5O/c14-18-16-9-10-4-3-5-11(8-10)13(19)17-12-6-1-2-7-15-12/h1-8H,9H2,(H,15,17,19). The van der Waals surface area contributed by atoms with E-state index in [1.54, 1.807) is 48.7 Å². The number of amides is 1.